The molecule has 0 aliphatic rings. The Morgan fingerprint density at radius 2 is 2.35 bits per heavy atom. The van der Waals surface area contributed by atoms with Crippen molar-refractivity contribution < 1.29 is 19.3 Å². The minimum absolute atomic E-state index is 0.00938. The van der Waals surface area contributed by atoms with Gasteiger partial charge in [0, 0.05) is 0 Å². The number of nitrogens with one attached hydrogen (secondary N) is 1. The highest BCUT2D eigenvalue weighted by Crippen LogP contribution is 2.25. The average molecular weight is 277 g/mol. The van der Waals surface area contributed by atoms with E-state index >= 15 is 0 Å². The van der Waals surface area contributed by atoms with Gasteiger partial charge in [0.05, 0.1) is 13.3 Å². The van der Waals surface area contributed by atoms with Gasteiger partial charge >= 0.3 is 0 Å². The van der Waals surface area contributed by atoms with Crippen LogP contribution in [0.25, 0.3) is 0 Å². The zero-order valence-corrected chi connectivity index (χ0v) is 10.4. The molecule has 2 rings (SSSR count). The Hall–Kier alpha value is -3.10. The predicted octanol–water partition coefficient (Wildman–Crippen LogP) is 0.130. The fraction of sp³-hybridized carbons (Fsp3) is 0.0909. The smallest absolute Gasteiger partial charge is 0.297 e. The van der Waals surface area contributed by atoms with Gasteiger partial charge in [0.25, 0.3) is 5.91 Å². The quantitative estimate of drug-likeness (QED) is 0.533. The molecule has 1 heterocycles. The maximum absolute atomic E-state index is 11.6. The molecule has 0 unspecified atom stereocenters. The van der Waals surface area contributed by atoms with E-state index in [2.05, 4.69) is 25.5 Å². The number of ether oxygens (including phenoxy) is 1. The Morgan fingerprint density at radius 1 is 1.55 bits per heavy atom. The molecular formula is C11H11N5O4. The van der Waals surface area contributed by atoms with Gasteiger partial charge < -0.3 is 15.6 Å². The molecule has 0 aliphatic heterocycles. The number of nitrogen functional groups attached to an aromatic ring is 1. The van der Waals surface area contributed by atoms with Crippen LogP contribution in [0.2, 0.25) is 0 Å². The van der Waals surface area contributed by atoms with E-state index in [1.165, 1.54) is 19.4 Å². The lowest BCUT2D eigenvalue weighted by molar-refractivity contribution is 0.0946. The number of phenolic OH excluding ortho intramolecular Hbond substituents is 1. The molecule has 0 radical (unpaired) electrons. The van der Waals surface area contributed by atoms with Crippen LogP contribution in [0.1, 0.15) is 16.1 Å². The molecule has 0 fully saturated rings. The minimum Gasteiger partial charge on any atom is -0.504 e. The first-order chi connectivity index (χ1) is 9.61. The standard InChI is InChI=1S/C11H11N5O4/c1-19-8-4-6(2-3-7(8)17)5-13-14-11(18)9-10(12)16-20-15-9/h2-5,17H,1H3,(H2,12,16)(H,14,18)/b13-5-. The van der Waals surface area contributed by atoms with Crippen molar-refractivity contribution in [2.24, 2.45) is 5.10 Å². The van der Waals surface area contributed by atoms with Crippen LogP contribution < -0.4 is 15.9 Å². The average Bonchev–Trinajstić information content (AvgIpc) is 2.87. The molecule has 1 aromatic heterocycles. The van der Waals surface area contributed by atoms with Crippen LogP contribution in [-0.4, -0.2) is 34.7 Å². The lowest BCUT2D eigenvalue weighted by Gasteiger charge is -2.03. The Balaban J connectivity index is 2.04. The third-order valence-corrected chi connectivity index (χ3v) is 2.31. The number of nitrogens with zero attached hydrogens (tertiary/aromatic N) is 3. The molecule has 104 valence electrons. The van der Waals surface area contributed by atoms with Crippen LogP contribution in [0.4, 0.5) is 5.82 Å². The van der Waals surface area contributed by atoms with E-state index in [0.717, 1.165) is 0 Å². The van der Waals surface area contributed by atoms with E-state index in [1.54, 1.807) is 12.1 Å². The van der Waals surface area contributed by atoms with Crippen molar-refractivity contribution in [3.63, 3.8) is 0 Å². The van der Waals surface area contributed by atoms with Gasteiger partial charge in [-0.1, -0.05) is 0 Å². The van der Waals surface area contributed by atoms with Gasteiger partial charge in [-0.25, -0.2) is 10.1 Å². The van der Waals surface area contributed by atoms with Crippen LogP contribution >= 0.6 is 0 Å². The predicted molar refractivity (Wildman–Crippen MR) is 68.4 cm³/mol. The van der Waals surface area contributed by atoms with E-state index in [9.17, 15) is 9.90 Å². The molecule has 1 aromatic carbocycles. The lowest BCUT2D eigenvalue weighted by Crippen LogP contribution is -2.19. The molecule has 9 heteroatoms. The van der Waals surface area contributed by atoms with Crippen LogP contribution in [0.15, 0.2) is 27.9 Å². The second kappa shape index (κ2) is 5.69. The third kappa shape index (κ3) is 2.83. The van der Waals surface area contributed by atoms with Crippen LogP contribution in [0.3, 0.4) is 0 Å². The fourth-order valence-electron chi connectivity index (χ4n) is 1.35. The largest absolute Gasteiger partial charge is 0.504 e. The molecule has 0 spiro atoms. The summed E-state index contributed by atoms with van der Waals surface area (Å²) in [6.45, 7) is 0. The number of hydrazone groups is 1. The SMILES string of the molecule is COc1cc(/C=N\NC(=O)c2nonc2N)ccc1O. The van der Waals surface area contributed by atoms with E-state index in [1.807, 2.05) is 0 Å². The highest BCUT2D eigenvalue weighted by Gasteiger charge is 2.14. The van der Waals surface area contributed by atoms with Gasteiger partial charge in [0.2, 0.25) is 11.5 Å². The molecular weight excluding hydrogens is 266 g/mol. The molecule has 0 bridgehead atoms. The van der Waals surface area contributed by atoms with E-state index in [-0.39, 0.29) is 17.3 Å². The van der Waals surface area contributed by atoms with Crippen molar-refractivity contribution in [3.8, 4) is 11.5 Å². The summed E-state index contributed by atoms with van der Waals surface area (Å²) in [4.78, 5) is 11.6. The summed E-state index contributed by atoms with van der Waals surface area (Å²) in [5.74, 6) is -0.463. The molecule has 20 heavy (non-hydrogen) atoms. The molecule has 2 aromatic rings. The highest BCUT2D eigenvalue weighted by atomic mass is 16.6. The molecule has 4 N–H and O–H groups in total. The first-order valence-electron chi connectivity index (χ1n) is 5.40. The van der Waals surface area contributed by atoms with Crippen molar-refractivity contribution in [3.05, 3.63) is 29.5 Å². The number of aromatic hydroxyl groups is 1. The number of benzene rings is 1. The minimum atomic E-state index is -0.647. The lowest BCUT2D eigenvalue weighted by atomic mass is 10.2. The molecule has 0 aliphatic carbocycles. The first-order valence-corrected chi connectivity index (χ1v) is 5.40. The first kappa shape index (κ1) is 13.3. The second-order valence-corrected chi connectivity index (χ2v) is 3.63. The number of carbonyl (C=O) groups is 1. The van der Waals surface area contributed by atoms with Gasteiger partial charge in [-0.15, -0.1) is 0 Å². The topological polar surface area (TPSA) is 136 Å². The van der Waals surface area contributed by atoms with Crippen LogP contribution in [0, 0.1) is 0 Å². The number of phenols is 1. The number of rotatable bonds is 4. The van der Waals surface area contributed by atoms with Gasteiger partial charge in [-0.2, -0.15) is 5.10 Å². The summed E-state index contributed by atoms with van der Waals surface area (Å²) >= 11 is 0. The van der Waals surface area contributed by atoms with E-state index < -0.39 is 5.91 Å². The molecule has 0 atom stereocenters. The number of hydrogen-bond donors (Lipinski definition) is 3. The molecule has 0 saturated carbocycles. The highest BCUT2D eigenvalue weighted by molar-refractivity contribution is 5.96. The summed E-state index contributed by atoms with van der Waals surface area (Å²) < 4.78 is 9.23. The number of amides is 1. The maximum Gasteiger partial charge on any atom is 0.297 e. The van der Waals surface area contributed by atoms with Gasteiger partial charge in [0.1, 0.15) is 0 Å². The zero-order valence-electron chi connectivity index (χ0n) is 10.4. The summed E-state index contributed by atoms with van der Waals surface area (Å²) in [5.41, 5.74) is 8.03. The normalized spacial score (nSPS) is 10.7. The molecule has 9 nitrogen and oxygen atoms in total. The number of anilines is 1. The number of nitrogens with two attached hydrogens (primary N) is 1. The van der Waals surface area contributed by atoms with Crippen LogP contribution in [-0.2, 0) is 0 Å². The number of methoxy groups -OCH3 is 1. The van der Waals surface area contributed by atoms with Gasteiger partial charge in [-0.05, 0) is 34.1 Å². The maximum atomic E-state index is 11.6. The van der Waals surface area contributed by atoms with Crippen molar-refractivity contribution in [1.29, 1.82) is 0 Å². The number of hydrogen-bond acceptors (Lipinski definition) is 8. The van der Waals surface area contributed by atoms with E-state index in [4.69, 9.17) is 10.5 Å². The summed E-state index contributed by atoms with van der Waals surface area (Å²) in [6, 6.07) is 4.60. The van der Waals surface area contributed by atoms with Crippen molar-refractivity contribution >= 4 is 17.9 Å². The number of carbonyl (C=O) groups excluding carboxylic acids is 1. The number of aromatic nitrogens is 2. The Bertz CT molecular complexity index is 652. The molecule has 0 saturated heterocycles. The molecule has 1 amide bonds. The second-order valence-electron chi connectivity index (χ2n) is 3.63. The summed E-state index contributed by atoms with van der Waals surface area (Å²) in [6.07, 6.45) is 1.36. The van der Waals surface area contributed by atoms with Crippen molar-refractivity contribution in [2.75, 3.05) is 12.8 Å². The van der Waals surface area contributed by atoms with Crippen molar-refractivity contribution in [1.82, 2.24) is 15.7 Å². The monoisotopic (exact) mass is 277 g/mol. The van der Waals surface area contributed by atoms with Gasteiger partial charge in [-0.3, -0.25) is 4.79 Å². The van der Waals surface area contributed by atoms with E-state index in [0.29, 0.717) is 11.3 Å². The van der Waals surface area contributed by atoms with Crippen molar-refractivity contribution in [2.45, 2.75) is 0 Å². The Kier molecular flexibility index (Phi) is 3.80. The fourth-order valence-corrected chi connectivity index (χ4v) is 1.35. The van der Waals surface area contributed by atoms with Crippen LogP contribution in [0.5, 0.6) is 11.5 Å². The van der Waals surface area contributed by atoms with Gasteiger partial charge in [0.15, 0.2) is 11.5 Å². The summed E-state index contributed by atoms with van der Waals surface area (Å²) in [7, 11) is 1.43. The Labute approximate surface area is 113 Å². The third-order valence-electron chi connectivity index (χ3n) is 2.31. The Morgan fingerprint density at radius 3 is 3.00 bits per heavy atom. The zero-order chi connectivity index (χ0) is 14.5. The summed E-state index contributed by atoms with van der Waals surface area (Å²) in [5, 5.41) is 19.7.